The maximum atomic E-state index is 10.5. The summed E-state index contributed by atoms with van der Waals surface area (Å²) in [5.74, 6) is -0.945. The summed E-state index contributed by atoms with van der Waals surface area (Å²) >= 11 is 9.34. The molecule has 0 fully saturated rings. The van der Waals surface area contributed by atoms with E-state index in [0.29, 0.717) is 16.4 Å². The number of aliphatic carboxylic acids is 1. The fourth-order valence-corrected chi connectivity index (χ4v) is 2.08. The maximum absolute atomic E-state index is 10.5. The summed E-state index contributed by atoms with van der Waals surface area (Å²) in [6, 6.07) is 5.32. The minimum absolute atomic E-state index is 0.159. The molecule has 1 N–H and O–H groups in total. The van der Waals surface area contributed by atoms with E-state index in [4.69, 9.17) is 16.7 Å². The zero-order chi connectivity index (χ0) is 12.4. The van der Waals surface area contributed by atoms with Gasteiger partial charge in [0.15, 0.2) is 0 Å². The van der Waals surface area contributed by atoms with Crippen LogP contribution in [0.5, 0.6) is 0 Å². The van der Waals surface area contributed by atoms with Gasteiger partial charge in [-0.15, -0.1) is 5.10 Å². The first kappa shape index (κ1) is 12.1. The molecule has 0 saturated heterocycles. The lowest BCUT2D eigenvalue weighted by atomic mass is 10.3. The molecule has 0 aliphatic rings. The average molecular weight is 317 g/mol. The minimum Gasteiger partial charge on any atom is -0.481 e. The molecule has 2 rings (SSSR count). The van der Waals surface area contributed by atoms with Crippen LogP contribution in [0.25, 0.3) is 5.69 Å². The largest absolute Gasteiger partial charge is 0.481 e. The molecule has 1 heterocycles. The van der Waals surface area contributed by atoms with Crippen LogP contribution in [0.4, 0.5) is 0 Å². The van der Waals surface area contributed by atoms with Gasteiger partial charge in [-0.1, -0.05) is 32.7 Å². The van der Waals surface area contributed by atoms with Crippen molar-refractivity contribution in [1.82, 2.24) is 15.0 Å². The first-order chi connectivity index (χ1) is 8.06. The predicted molar refractivity (Wildman–Crippen MR) is 65.4 cm³/mol. The van der Waals surface area contributed by atoms with Crippen molar-refractivity contribution in [3.8, 4) is 5.69 Å². The molecule has 88 valence electrons. The van der Waals surface area contributed by atoms with Gasteiger partial charge in [0.1, 0.15) is 0 Å². The second-order valence-electron chi connectivity index (χ2n) is 3.32. The van der Waals surface area contributed by atoms with Gasteiger partial charge < -0.3 is 5.11 Å². The van der Waals surface area contributed by atoms with Gasteiger partial charge in [-0.25, -0.2) is 4.68 Å². The standard InChI is InChI=1S/C10H7BrClN3O2/c11-6-1-2-9(8(12)3-6)15-5-7(13-14-15)4-10(16)17/h1-3,5H,4H2,(H,16,17). The Balaban J connectivity index is 2.33. The summed E-state index contributed by atoms with van der Waals surface area (Å²) in [5.41, 5.74) is 1.04. The highest BCUT2D eigenvalue weighted by Crippen LogP contribution is 2.23. The van der Waals surface area contributed by atoms with Crippen molar-refractivity contribution >= 4 is 33.5 Å². The lowest BCUT2D eigenvalue weighted by Crippen LogP contribution is -2.00. The van der Waals surface area contributed by atoms with Crippen LogP contribution in [-0.4, -0.2) is 26.1 Å². The van der Waals surface area contributed by atoms with Gasteiger partial charge in [0.25, 0.3) is 0 Å². The summed E-state index contributed by atoms with van der Waals surface area (Å²) in [5, 5.41) is 16.7. The molecule has 2 aromatic rings. The highest BCUT2D eigenvalue weighted by Gasteiger charge is 2.09. The van der Waals surface area contributed by atoms with E-state index in [1.165, 1.54) is 4.68 Å². The Hall–Kier alpha value is -1.40. The molecule has 0 unspecified atom stereocenters. The zero-order valence-corrected chi connectivity index (χ0v) is 10.8. The van der Waals surface area contributed by atoms with Crippen LogP contribution in [-0.2, 0) is 11.2 Å². The fourth-order valence-electron chi connectivity index (χ4n) is 1.32. The van der Waals surface area contributed by atoms with E-state index in [1.807, 2.05) is 6.07 Å². The van der Waals surface area contributed by atoms with Gasteiger partial charge in [0.05, 0.1) is 29.0 Å². The van der Waals surface area contributed by atoms with E-state index in [9.17, 15) is 4.79 Å². The monoisotopic (exact) mass is 315 g/mol. The number of carboxylic acids is 1. The van der Waals surface area contributed by atoms with Gasteiger partial charge in [-0.2, -0.15) is 0 Å². The Kier molecular flexibility index (Phi) is 3.44. The normalized spacial score (nSPS) is 10.5. The van der Waals surface area contributed by atoms with Gasteiger partial charge in [0.2, 0.25) is 0 Å². The summed E-state index contributed by atoms with van der Waals surface area (Å²) < 4.78 is 2.31. The van der Waals surface area contributed by atoms with Crippen LogP contribution in [0, 0.1) is 0 Å². The second kappa shape index (κ2) is 4.85. The van der Waals surface area contributed by atoms with Crippen LogP contribution < -0.4 is 0 Å². The number of nitrogens with zero attached hydrogens (tertiary/aromatic N) is 3. The van der Waals surface area contributed by atoms with E-state index in [1.54, 1.807) is 18.3 Å². The number of carboxylic acid groups (broad SMARTS) is 1. The van der Waals surface area contributed by atoms with Crippen molar-refractivity contribution in [3.63, 3.8) is 0 Å². The van der Waals surface area contributed by atoms with E-state index in [0.717, 1.165) is 4.47 Å². The van der Waals surface area contributed by atoms with Gasteiger partial charge in [-0.3, -0.25) is 4.79 Å². The topological polar surface area (TPSA) is 68.0 Å². The Labute approximate surface area is 110 Å². The minimum atomic E-state index is -0.945. The number of hydrogen-bond acceptors (Lipinski definition) is 3. The third kappa shape index (κ3) is 2.83. The van der Waals surface area contributed by atoms with E-state index in [-0.39, 0.29) is 6.42 Å². The third-order valence-corrected chi connectivity index (χ3v) is 2.83. The molecule has 0 atom stereocenters. The fraction of sp³-hybridized carbons (Fsp3) is 0.100. The molecular formula is C10H7BrClN3O2. The summed E-state index contributed by atoms with van der Waals surface area (Å²) in [6.07, 6.45) is 1.39. The van der Waals surface area contributed by atoms with E-state index in [2.05, 4.69) is 26.2 Å². The number of aromatic nitrogens is 3. The number of carbonyl (C=O) groups is 1. The van der Waals surface area contributed by atoms with Crippen LogP contribution >= 0.6 is 27.5 Å². The highest BCUT2D eigenvalue weighted by molar-refractivity contribution is 9.10. The molecule has 17 heavy (non-hydrogen) atoms. The van der Waals surface area contributed by atoms with Gasteiger partial charge >= 0.3 is 5.97 Å². The number of hydrogen-bond donors (Lipinski definition) is 1. The Morgan fingerprint density at radius 1 is 1.53 bits per heavy atom. The Morgan fingerprint density at radius 2 is 2.29 bits per heavy atom. The Bertz CT molecular complexity index is 570. The molecule has 0 amide bonds. The van der Waals surface area contributed by atoms with Crippen molar-refractivity contribution in [2.75, 3.05) is 0 Å². The lowest BCUT2D eigenvalue weighted by Gasteiger charge is -2.02. The van der Waals surface area contributed by atoms with Crippen LogP contribution in [0.3, 0.4) is 0 Å². The van der Waals surface area contributed by atoms with E-state index < -0.39 is 5.97 Å². The third-order valence-electron chi connectivity index (χ3n) is 2.03. The van der Waals surface area contributed by atoms with Crippen LogP contribution in [0.1, 0.15) is 5.69 Å². The molecule has 5 nitrogen and oxygen atoms in total. The molecule has 0 radical (unpaired) electrons. The molecule has 0 bridgehead atoms. The van der Waals surface area contributed by atoms with Crippen LogP contribution in [0.2, 0.25) is 5.02 Å². The van der Waals surface area contributed by atoms with Crippen molar-refractivity contribution < 1.29 is 9.90 Å². The lowest BCUT2D eigenvalue weighted by molar-refractivity contribution is -0.136. The summed E-state index contributed by atoms with van der Waals surface area (Å²) in [7, 11) is 0. The molecule has 7 heteroatoms. The van der Waals surface area contributed by atoms with Crippen molar-refractivity contribution in [2.24, 2.45) is 0 Å². The number of rotatable bonds is 3. The number of halogens is 2. The molecule has 0 aliphatic heterocycles. The highest BCUT2D eigenvalue weighted by atomic mass is 79.9. The van der Waals surface area contributed by atoms with Gasteiger partial charge in [0, 0.05) is 4.47 Å². The van der Waals surface area contributed by atoms with Crippen molar-refractivity contribution in [3.05, 3.63) is 39.6 Å². The summed E-state index contributed by atoms with van der Waals surface area (Å²) in [4.78, 5) is 10.5. The first-order valence-electron chi connectivity index (χ1n) is 4.64. The quantitative estimate of drug-likeness (QED) is 0.943. The maximum Gasteiger partial charge on any atom is 0.309 e. The molecular weight excluding hydrogens is 309 g/mol. The van der Waals surface area contributed by atoms with Crippen LogP contribution in [0.15, 0.2) is 28.9 Å². The number of benzene rings is 1. The molecule has 0 saturated carbocycles. The van der Waals surface area contributed by atoms with E-state index >= 15 is 0 Å². The first-order valence-corrected chi connectivity index (χ1v) is 5.82. The Morgan fingerprint density at radius 3 is 2.94 bits per heavy atom. The van der Waals surface area contributed by atoms with Gasteiger partial charge in [-0.05, 0) is 18.2 Å². The molecule has 1 aromatic carbocycles. The SMILES string of the molecule is O=C(O)Cc1cn(-c2ccc(Br)cc2Cl)nn1. The van der Waals surface area contributed by atoms with Crippen molar-refractivity contribution in [1.29, 1.82) is 0 Å². The molecule has 0 spiro atoms. The average Bonchev–Trinajstić information content (AvgIpc) is 2.65. The smallest absolute Gasteiger partial charge is 0.309 e. The second-order valence-corrected chi connectivity index (χ2v) is 4.64. The molecule has 1 aromatic heterocycles. The summed E-state index contributed by atoms with van der Waals surface area (Å²) in [6.45, 7) is 0. The zero-order valence-electron chi connectivity index (χ0n) is 8.47. The predicted octanol–water partition coefficient (Wildman–Crippen LogP) is 2.31. The molecule has 0 aliphatic carbocycles. The van der Waals surface area contributed by atoms with Crippen molar-refractivity contribution in [2.45, 2.75) is 6.42 Å².